The van der Waals surface area contributed by atoms with Crippen LogP contribution in [0.4, 0.5) is 11.4 Å². The van der Waals surface area contributed by atoms with E-state index in [2.05, 4.69) is 12.2 Å². The molecule has 6 heteroatoms. The van der Waals surface area contributed by atoms with Gasteiger partial charge in [-0.15, -0.1) is 0 Å². The molecule has 1 aromatic carbocycles. The van der Waals surface area contributed by atoms with Crippen molar-refractivity contribution in [3.8, 4) is 0 Å². The molecular weight excluding hydrogens is 282 g/mol. The van der Waals surface area contributed by atoms with E-state index in [1.165, 1.54) is 12.1 Å². The molecule has 1 aliphatic rings. The minimum atomic E-state index is -0.474. The van der Waals surface area contributed by atoms with Crippen LogP contribution in [0.2, 0.25) is 0 Å². The number of amides is 1. The summed E-state index contributed by atoms with van der Waals surface area (Å²) in [4.78, 5) is 24.8. The molecule has 22 heavy (non-hydrogen) atoms. The summed E-state index contributed by atoms with van der Waals surface area (Å²) in [6, 6.07) is 4.57. The molecule has 1 aliphatic carbocycles. The molecule has 0 unspecified atom stereocenters. The van der Waals surface area contributed by atoms with Gasteiger partial charge in [0, 0.05) is 38.0 Å². The van der Waals surface area contributed by atoms with E-state index >= 15 is 0 Å². The highest BCUT2D eigenvalue weighted by molar-refractivity contribution is 6.00. The van der Waals surface area contributed by atoms with Crippen LogP contribution in [0.25, 0.3) is 0 Å². The molecule has 1 amide bonds. The Labute approximate surface area is 130 Å². The molecule has 0 bridgehead atoms. The Kier molecular flexibility index (Phi) is 5.00. The van der Waals surface area contributed by atoms with Gasteiger partial charge in [0.1, 0.15) is 0 Å². The van der Waals surface area contributed by atoms with E-state index in [1.54, 1.807) is 11.0 Å². The van der Waals surface area contributed by atoms with Crippen molar-refractivity contribution in [2.24, 2.45) is 5.92 Å². The Balaban J connectivity index is 2.19. The van der Waals surface area contributed by atoms with Crippen LogP contribution in [0.1, 0.15) is 43.0 Å². The number of hydrogen-bond acceptors (Lipinski definition) is 4. The number of anilines is 1. The van der Waals surface area contributed by atoms with Crippen LogP contribution >= 0.6 is 0 Å². The summed E-state index contributed by atoms with van der Waals surface area (Å²) < 4.78 is 0. The fourth-order valence-corrected chi connectivity index (χ4v) is 2.88. The van der Waals surface area contributed by atoms with Gasteiger partial charge in [0.15, 0.2) is 0 Å². The molecule has 0 saturated heterocycles. The van der Waals surface area contributed by atoms with Crippen LogP contribution < -0.4 is 10.2 Å². The number of benzene rings is 1. The van der Waals surface area contributed by atoms with Crippen molar-refractivity contribution in [2.75, 3.05) is 19.0 Å². The van der Waals surface area contributed by atoms with Crippen LogP contribution in [-0.4, -0.2) is 31.0 Å². The highest BCUT2D eigenvalue weighted by Gasteiger charge is 2.23. The molecule has 6 nitrogen and oxygen atoms in total. The SMILES string of the molecule is CC1CCC(NC(=O)c2cc([N+](=O)[O-])ccc2N(C)C)CC1. The van der Waals surface area contributed by atoms with Gasteiger partial charge in [-0.05, 0) is 37.7 Å². The number of hydrogen-bond donors (Lipinski definition) is 1. The van der Waals surface area contributed by atoms with Gasteiger partial charge in [-0.2, -0.15) is 0 Å². The number of carbonyl (C=O) groups is 1. The number of nitrogens with zero attached hydrogens (tertiary/aromatic N) is 2. The molecule has 0 radical (unpaired) electrons. The average molecular weight is 305 g/mol. The number of nitro groups is 1. The Morgan fingerprint density at radius 3 is 2.45 bits per heavy atom. The first kappa shape index (κ1) is 16.3. The lowest BCUT2D eigenvalue weighted by Gasteiger charge is -2.27. The Morgan fingerprint density at radius 1 is 1.27 bits per heavy atom. The normalized spacial score (nSPS) is 21.2. The lowest BCUT2D eigenvalue weighted by Crippen LogP contribution is -2.37. The maximum absolute atomic E-state index is 12.5. The maximum atomic E-state index is 12.5. The summed E-state index contributed by atoms with van der Waals surface area (Å²) >= 11 is 0. The Morgan fingerprint density at radius 2 is 1.91 bits per heavy atom. The van der Waals surface area contributed by atoms with Crippen LogP contribution in [-0.2, 0) is 0 Å². The predicted molar refractivity (Wildman–Crippen MR) is 86.3 cm³/mol. The molecule has 0 spiro atoms. The molecule has 1 saturated carbocycles. The molecule has 0 heterocycles. The highest BCUT2D eigenvalue weighted by Crippen LogP contribution is 2.26. The second-order valence-corrected chi connectivity index (χ2v) is 6.28. The zero-order valence-corrected chi connectivity index (χ0v) is 13.3. The van der Waals surface area contributed by atoms with Gasteiger partial charge >= 0.3 is 0 Å². The van der Waals surface area contributed by atoms with Crippen LogP contribution in [0.15, 0.2) is 18.2 Å². The Hall–Kier alpha value is -2.11. The fourth-order valence-electron chi connectivity index (χ4n) is 2.88. The topological polar surface area (TPSA) is 75.5 Å². The number of rotatable bonds is 4. The zero-order chi connectivity index (χ0) is 16.3. The lowest BCUT2D eigenvalue weighted by atomic mass is 9.87. The second-order valence-electron chi connectivity index (χ2n) is 6.28. The lowest BCUT2D eigenvalue weighted by molar-refractivity contribution is -0.384. The van der Waals surface area contributed by atoms with Crippen molar-refractivity contribution >= 4 is 17.3 Å². The number of nitro benzene ring substituents is 1. The summed E-state index contributed by atoms with van der Waals surface area (Å²) in [7, 11) is 3.64. The van der Waals surface area contributed by atoms with Crippen molar-refractivity contribution < 1.29 is 9.72 Å². The minimum absolute atomic E-state index is 0.0620. The van der Waals surface area contributed by atoms with Crippen LogP contribution in [0.5, 0.6) is 0 Å². The van der Waals surface area contributed by atoms with Crippen LogP contribution in [0.3, 0.4) is 0 Å². The monoisotopic (exact) mass is 305 g/mol. The number of carbonyl (C=O) groups excluding carboxylic acids is 1. The summed E-state index contributed by atoms with van der Waals surface area (Å²) in [5, 5.41) is 14.0. The quantitative estimate of drug-likeness (QED) is 0.685. The van der Waals surface area contributed by atoms with Crippen molar-refractivity contribution in [3.05, 3.63) is 33.9 Å². The minimum Gasteiger partial charge on any atom is -0.377 e. The Bertz CT molecular complexity index is 564. The van der Waals surface area contributed by atoms with Crippen molar-refractivity contribution in [3.63, 3.8) is 0 Å². The molecule has 120 valence electrons. The summed E-state index contributed by atoms with van der Waals surface area (Å²) in [5.74, 6) is 0.482. The smallest absolute Gasteiger partial charge is 0.270 e. The maximum Gasteiger partial charge on any atom is 0.270 e. The van der Waals surface area contributed by atoms with Crippen molar-refractivity contribution in [1.29, 1.82) is 0 Å². The first-order valence-electron chi connectivity index (χ1n) is 7.65. The molecular formula is C16H23N3O3. The van der Waals surface area contributed by atoms with Crippen LogP contribution in [0, 0.1) is 16.0 Å². The molecule has 2 rings (SSSR count). The third-order valence-corrected chi connectivity index (χ3v) is 4.27. The molecule has 0 aliphatic heterocycles. The molecule has 1 N–H and O–H groups in total. The number of nitrogens with one attached hydrogen (secondary N) is 1. The van der Waals surface area contributed by atoms with Crippen molar-refractivity contribution in [1.82, 2.24) is 5.32 Å². The second kappa shape index (κ2) is 6.77. The van der Waals surface area contributed by atoms with E-state index in [9.17, 15) is 14.9 Å². The summed E-state index contributed by atoms with van der Waals surface area (Å²) in [5.41, 5.74) is 0.984. The largest absolute Gasteiger partial charge is 0.377 e. The first-order chi connectivity index (χ1) is 10.4. The van der Waals surface area contributed by atoms with E-state index < -0.39 is 4.92 Å². The third kappa shape index (κ3) is 3.75. The number of non-ortho nitro benzene ring substituents is 1. The van der Waals surface area contributed by atoms with Gasteiger partial charge < -0.3 is 10.2 Å². The zero-order valence-electron chi connectivity index (χ0n) is 13.3. The van der Waals surface area contributed by atoms with Gasteiger partial charge in [0.25, 0.3) is 11.6 Å². The van der Waals surface area contributed by atoms with E-state index in [4.69, 9.17) is 0 Å². The summed E-state index contributed by atoms with van der Waals surface area (Å²) in [6.07, 6.45) is 4.17. The van der Waals surface area contributed by atoms with E-state index in [0.717, 1.165) is 25.7 Å². The van der Waals surface area contributed by atoms with Gasteiger partial charge in [0.2, 0.25) is 0 Å². The van der Waals surface area contributed by atoms with E-state index in [1.807, 2.05) is 14.1 Å². The first-order valence-corrected chi connectivity index (χ1v) is 7.65. The predicted octanol–water partition coefficient (Wildman–Crippen LogP) is 2.97. The van der Waals surface area contributed by atoms with E-state index in [0.29, 0.717) is 17.2 Å². The van der Waals surface area contributed by atoms with Gasteiger partial charge in [-0.1, -0.05) is 6.92 Å². The van der Waals surface area contributed by atoms with Gasteiger partial charge in [0.05, 0.1) is 10.5 Å². The van der Waals surface area contributed by atoms with Gasteiger partial charge in [-0.25, -0.2) is 0 Å². The van der Waals surface area contributed by atoms with E-state index in [-0.39, 0.29) is 17.6 Å². The third-order valence-electron chi connectivity index (χ3n) is 4.27. The van der Waals surface area contributed by atoms with Gasteiger partial charge in [-0.3, -0.25) is 14.9 Å². The molecule has 0 aromatic heterocycles. The summed E-state index contributed by atoms with van der Waals surface area (Å²) in [6.45, 7) is 2.22. The standard InChI is InChI=1S/C16H23N3O3/c1-11-4-6-12(7-5-11)17-16(20)14-10-13(19(21)22)8-9-15(14)18(2)3/h8-12H,4-7H2,1-3H3,(H,17,20). The fraction of sp³-hybridized carbons (Fsp3) is 0.562. The molecule has 1 aromatic rings. The van der Waals surface area contributed by atoms with Crippen molar-refractivity contribution in [2.45, 2.75) is 38.6 Å². The highest BCUT2D eigenvalue weighted by atomic mass is 16.6. The molecule has 1 fully saturated rings. The molecule has 0 atom stereocenters. The average Bonchev–Trinajstić information content (AvgIpc) is 2.48.